The highest BCUT2D eigenvalue weighted by Gasteiger charge is 2.33. The summed E-state index contributed by atoms with van der Waals surface area (Å²) in [6.45, 7) is 3.82. The van der Waals surface area contributed by atoms with Gasteiger partial charge in [0, 0.05) is 22.3 Å². The Labute approximate surface area is 202 Å². The van der Waals surface area contributed by atoms with Crippen molar-refractivity contribution in [3.05, 3.63) is 76.2 Å². The molecule has 0 unspecified atom stereocenters. The van der Waals surface area contributed by atoms with Gasteiger partial charge in [-0.05, 0) is 60.4 Å². The molecule has 1 aliphatic rings. The van der Waals surface area contributed by atoms with Crippen molar-refractivity contribution in [2.75, 3.05) is 5.32 Å². The topological polar surface area (TPSA) is 50.7 Å². The van der Waals surface area contributed by atoms with E-state index >= 15 is 0 Å². The number of hydrogen-bond donors (Lipinski definition) is 1. The first-order valence-corrected chi connectivity index (χ1v) is 12.1. The lowest BCUT2D eigenvalue weighted by Gasteiger charge is -2.33. The normalized spacial score (nSPS) is 16.0. The number of amides is 1. The van der Waals surface area contributed by atoms with Gasteiger partial charge >= 0.3 is 6.61 Å². The number of para-hydroxylation sites is 2. The van der Waals surface area contributed by atoms with E-state index in [0.29, 0.717) is 27.7 Å². The van der Waals surface area contributed by atoms with E-state index < -0.39 is 6.61 Å². The standard InChI is InChI=1S/C27H28F2N2O2S/c1-27(2,3)18-13-14-20-22(15-18)34-25(23(20)24(32)31-19-10-5-4-6-11-19)30-16-17-9-7-8-12-21(17)33-26(28)29/h4-12,16,18,26H,13-15H2,1-3H3,(H,31,32)/t18-/m0/s1. The molecule has 0 saturated heterocycles. The number of hydrogen-bond acceptors (Lipinski definition) is 4. The summed E-state index contributed by atoms with van der Waals surface area (Å²) >= 11 is 1.51. The minimum absolute atomic E-state index is 0.0469. The maximum absolute atomic E-state index is 13.4. The Morgan fingerprint density at radius 2 is 1.85 bits per heavy atom. The summed E-state index contributed by atoms with van der Waals surface area (Å²) in [5.74, 6) is 0.355. The van der Waals surface area contributed by atoms with E-state index in [4.69, 9.17) is 0 Å². The van der Waals surface area contributed by atoms with E-state index in [1.54, 1.807) is 18.2 Å². The molecule has 2 aromatic carbocycles. The van der Waals surface area contributed by atoms with Gasteiger partial charge < -0.3 is 10.1 Å². The lowest BCUT2D eigenvalue weighted by atomic mass is 9.72. The fourth-order valence-electron chi connectivity index (χ4n) is 4.27. The number of anilines is 1. The SMILES string of the molecule is CC(C)(C)[C@H]1CCc2c(sc(N=Cc3ccccc3OC(F)F)c2C(=O)Nc2ccccc2)C1. The molecule has 0 aliphatic heterocycles. The highest BCUT2D eigenvalue weighted by atomic mass is 32.1. The molecule has 0 fully saturated rings. The largest absolute Gasteiger partial charge is 0.434 e. The van der Waals surface area contributed by atoms with E-state index in [1.807, 2.05) is 30.3 Å². The molecule has 178 valence electrons. The maximum atomic E-state index is 13.4. The van der Waals surface area contributed by atoms with Crippen LogP contribution in [0.4, 0.5) is 19.5 Å². The molecule has 1 amide bonds. The lowest BCUT2D eigenvalue weighted by Crippen LogP contribution is -2.27. The molecule has 3 aromatic rings. The van der Waals surface area contributed by atoms with Crippen molar-refractivity contribution in [3.8, 4) is 5.75 Å². The predicted octanol–water partition coefficient (Wildman–Crippen LogP) is 7.50. The Bertz CT molecular complexity index is 1180. The molecule has 4 rings (SSSR count). The van der Waals surface area contributed by atoms with Crippen LogP contribution in [-0.2, 0) is 12.8 Å². The van der Waals surface area contributed by atoms with E-state index in [2.05, 4.69) is 35.8 Å². The van der Waals surface area contributed by atoms with Crippen molar-refractivity contribution >= 4 is 34.1 Å². The number of aliphatic imine (C=N–C) groups is 1. The quantitative estimate of drug-likeness (QED) is 0.370. The summed E-state index contributed by atoms with van der Waals surface area (Å²) in [6, 6.07) is 15.8. The molecule has 7 heteroatoms. The third kappa shape index (κ3) is 5.53. The molecule has 0 radical (unpaired) electrons. The van der Waals surface area contributed by atoms with Crippen LogP contribution in [0.15, 0.2) is 59.6 Å². The summed E-state index contributed by atoms with van der Waals surface area (Å²) < 4.78 is 30.2. The Balaban J connectivity index is 1.71. The average molecular weight is 483 g/mol. The summed E-state index contributed by atoms with van der Waals surface area (Å²) in [5.41, 5.74) is 2.92. The predicted molar refractivity (Wildman–Crippen MR) is 134 cm³/mol. The van der Waals surface area contributed by atoms with Crippen LogP contribution in [0.2, 0.25) is 0 Å². The number of carbonyl (C=O) groups excluding carboxylic acids is 1. The second kappa shape index (κ2) is 10.1. The van der Waals surface area contributed by atoms with E-state index in [9.17, 15) is 13.6 Å². The molecule has 0 saturated carbocycles. The summed E-state index contributed by atoms with van der Waals surface area (Å²) in [5, 5.41) is 3.57. The number of halogens is 2. The second-order valence-corrected chi connectivity index (χ2v) is 10.6. The van der Waals surface area contributed by atoms with E-state index in [0.717, 1.165) is 24.8 Å². The zero-order valence-corrected chi connectivity index (χ0v) is 20.3. The van der Waals surface area contributed by atoms with Crippen LogP contribution in [0.3, 0.4) is 0 Å². The Hall–Kier alpha value is -3.06. The zero-order valence-electron chi connectivity index (χ0n) is 19.5. The van der Waals surface area contributed by atoms with Gasteiger partial charge in [-0.2, -0.15) is 8.78 Å². The van der Waals surface area contributed by atoms with Crippen molar-refractivity contribution in [1.82, 2.24) is 0 Å². The van der Waals surface area contributed by atoms with Crippen molar-refractivity contribution < 1.29 is 18.3 Å². The van der Waals surface area contributed by atoms with Crippen molar-refractivity contribution in [1.29, 1.82) is 0 Å². The van der Waals surface area contributed by atoms with Gasteiger partial charge in [0.2, 0.25) is 0 Å². The molecule has 1 aromatic heterocycles. The van der Waals surface area contributed by atoms with Crippen LogP contribution < -0.4 is 10.1 Å². The number of nitrogens with one attached hydrogen (secondary N) is 1. The van der Waals surface area contributed by atoms with Gasteiger partial charge in [-0.25, -0.2) is 4.99 Å². The Morgan fingerprint density at radius 3 is 2.56 bits per heavy atom. The third-order valence-corrected chi connectivity index (χ3v) is 7.35. The molecule has 1 atom stereocenters. The number of rotatable bonds is 6. The smallest absolute Gasteiger partial charge is 0.387 e. The van der Waals surface area contributed by atoms with Crippen LogP contribution in [0.25, 0.3) is 0 Å². The molecular weight excluding hydrogens is 454 g/mol. The highest BCUT2D eigenvalue weighted by Crippen LogP contribution is 2.45. The number of thiophene rings is 1. The molecule has 1 aliphatic carbocycles. The minimum atomic E-state index is -2.93. The zero-order chi connectivity index (χ0) is 24.3. The molecule has 34 heavy (non-hydrogen) atoms. The summed E-state index contributed by atoms with van der Waals surface area (Å²) in [4.78, 5) is 19.1. The fourth-order valence-corrected chi connectivity index (χ4v) is 5.54. The maximum Gasteiger partial charge on any atom is 0.387 e. The van der Waals surface area contributed by atoms with E-state index in [-0.39, 0.29) is 17.1 Å². The number of carbonyl (C=O) groups is 1. The van der Waals surface area contributed by atoms with Gasteiger partial charge in [-0.1, -0.05) is 51.1 Å². The molecule has 1 heterocycles. The number of alkyl halides is 2. The van der Waals surface area contributed by atoms with Gasteiger partial charge in [0.1, 0.15) is 10.8 Å². The van der Waals surface area contributed by atoms with Crippen molar-refractivity contribution in [2.24, 2.45) is 16.3 Å². The van der Waals surface area contributed by atoms with Crippen LogP contribution in [0.5, 0.6) is 5.75 Å². The van der Waals surface area contributed by atoms with Gasteiger partial charge in [-0.15, -0.1) is 11.3 Å². The first-order chi connectivity index (χ1) is 16.2. The minimum Gasteiger partial charge on any atom is -0.434 e. The monoisotopic (exact) mass is 482 g/mol. The van der Waals surface area contributed by atoms with Crippen LogP contribution in [-0.4, -0.2) is 18.7 Å². The van der Waals surface area contributed by atoms with E-state index in [1.165, 1.54) is 28.5 Å². The van der Waals surface area contributed by atoms with Crippen LogP contribution >= 0.6 is 11.3 Å². The van der Waals surface area contributed by atoms with Gasteiger partial charge in [-0.3, -0.25) is 4.79 Å². The molecule has 4 nitrogen and oxygen atoms in total. The van der Waals surface area contributed by atoms with Crippen LogP contribution in [0, 0.1) is 11.3 Å². The number of ether oxygens (including phenoxy) is 1. The van der Waals surface area contributed by atoms with Gasteiger partial charge in [0.05, 0.1) is 5.56 Å². The molecular formula is C27H28F2N2O2S. The van der Waals surface area contributed by atoms with Crippen LogP contribution in [0.1, 0.15) is 53.6 Å². The first-order valence-electron chi connectivity index (χ1n) is 11.3. The number of nitrogens with zero attached hydrogens (tertiary/aromatic N) is 1. The highest BCUT2D eigenvalue weighted by molar-refractivity contribution is 7.16. The van der Waals surface area contributed by atoms with Gasteiger partial charge in [0.15, 0.2) is 0 Å². The summed E-state index contributed by atoms with van der Waals surface area (Å²) in [6.07, 6.45) is 4.21. The van der Waals surface area contributed by atoms with Crippen molar-refractivity contribution in [2.45, 2.75) is 46.6 Å². The molecule has 1 N–H and O–H groups in total. The fraction of sp³-hybridized carbons (Fsp3) is 0.333. The molecule has 0 bridgehead atoms. The lowest BCUT2D eigenvalue weighted by molar-refractivity contribution is -0.0499. The third-order valence-electron chi connectivity index (χ3n) is 6.19. The van der Waals surface area contributed by atoms with Crippen molar-refractivity contribution in [3.63, 3.8) is 0 Å². The molecule has 0 spiro atoms. The summed E-state index contributed by atoms with van der Waals surface area (Å²) in [7, 11) is 0. The second-order valence-electron chi connectivity index (χ2n) is 9.48. The average Bonchev–Trinajstić information content (AvgIpc) is 3.16. The number of fused-ring (bicyclic) bond motifs is 1. The Morgan fingerprint density at radius 1 is 1.15 bits per heavy atom. The number of benzene rings is 2. The Kier molecular flexibility index (Phi) is 7.12. The first kappa shape index (κ1) is 24.1. The van der Waals surface area contributed by atoms with Gasteiger partial charge in [0.25, 0.3) is 5.91 Å².